The van der Waals surface area contributed by atoms with Crippen LogP contribution in [0, 0.1) is 0 Å². The number of thiophene rings is 1. The van der Waals surface area contributed by atoms with Gasteiger partial charge in [-0.3, -0.25) is 14.5 Å². The molecule has 1 aromatic heterocycles. The van der Waals surface area contributed by atoms with E-state index in [0.717, 1.165) is 30.5 Å². The maximum absolute atomic E-state index is 13.6. The summed E-state index contributed by atoms with van der Waals surface area (Å²) >= 11 is 1.87. The molecule has 2 aliphatic rings. The minimum Gasteiger partial charge on any atom is -0.327 e. The van der Waals surface area contributed by atoms with Crippen LogP contribution in [0.5, 0.6) is 0 Å². The minimum absolute atomic E-state index is 0.0604. The van der Waals surface area contributed by atoms with Crippen LogP contribution in [0.3, 0.4) is 0 Å². The van der Waals surface area contributed by atoms with Crippen LogP contribution >= 0.6 is 11.3 Å². The van der Waals surface area contributed by atoms with Crippen LogP contribution in [0.1, 0.15) is 22.9 Å². The topological polar surface area (TPSA) is 43.9 Å². The van der Waals surface area contributed by atoms with Crippen molar-refractivity contribution in [1.82, 2.24) is 14.7 Å². The molecule has 0 bridgehead atoms. The molecule has 0 aliphatic carbocycles. The summed E-state index contributed by atoms with van der Waals surface area (Å²) in [5, 5.41) is 3.65. The highest BCUT2D eigenvalue weighted by Crippen LogP contribution is 2.33. The normalized spacial score (nSPS) is 19.1. The highest BCUT2D eigenvalue weighted by Gasteiger charge is 2.42. The Hall–Kier alpha value is -3.22. The average Bonchev–Trinajstić information content (AvgIpc) is 3.24. The van der Waals surface area contributed by atoms with Crippen molar-refractivity contribution in [2.45, 2.75) is 32.5 Å². The zero-order valence-electron chi connectivity index (χ0n) is 19.9. The lowest BCUT2D eigenvalue weighted by Crippen LogP contribution is -2.66. The average molecular weight is 484 g/mol. The molecule has 3 heterocycles. The fraction of sp³-hybridized carbons (Fsp3) is 0.310. The number of piperazine rings is 2. The van der Waals surface area contributed by atoms with E-state index in [1.807, 2.05) is 28.4 Å². The fourth-order valence-electron chi connectivity index (χ4n) is 5.56. The first-order valence-electron chi connectivity index (χ1n) is 12.4. The number of hydrogen-bond donors (Lipinski definition) is 0. The van der Waals surface area contributed by atoms with Crippen molar-refractivity contribution in [3.05, 3.63) is 82.7 Å². The first kappa shape index (κ1) is 22.3. The third kappa shape index (κ3) is 4.11. The first-order chi connectivity index (χ1) is 17.1. The van der Waals surface area contributed by atoms with Crippen molar-refractivity contribution in [1.29, 1.82) is 0 Å². The second kappa shape index (κ2) is 9.10. The third-order valence-corrected chi connectivity index (χ3v) is 8.74. The monoisotopic (exact) mass is 483 g/mol. The number of carbonyl (C=O) groups excluding carboxylic acids is 2. The molecule has 178 valence electrons. The number of hydrogen-bond acceptors (Lipinski definition) is 4. The van der Waals surface area contributed by atoms with Crippen molar-refractivity contribution in [2.24, 2.45) is 0 Å². The Kier molecular flexibility index (Phi) is 5.78. The highest BCUT2D eigenvalue weighted by molar-refractivity contribution is 7.19. The van der Waals surface area contributed by atoms with Gasteiger partial charge in [-0.25, -0.2) is 0 Å². The van der Waals surface area contributed by atoms with Crippen molar-refractivity contribution in [2.75, 3.05) is 26.2 Å². The molecule has 6 heteroatoms. The molecule has 2 saturated heterocycles. The summed E-state index contributed by atoms with van der Waals surface area (Å²) < 4.78 is 1.32. The Labute approximate surface area is 209 Å². The molecular formula is C29H29N3O2S. The standard InChI is InChI=1S/C29H29N3O2S/c1-2-26-24(23-9-5-6-10-27(23)35-26)17-30-13-14-32-25(18-30)29(34)31(19-28(32)33)16-20-11-12-21-7-3-4-8-22(21)15-20/h3-12,15,25H,2,13-14,16-19H2,1H3. The van der Waals surface area contributed by atoms with Crippen molar-refractivity contribution in [3.8, 4) is 0 Å². The van der Waals surface area contributed by atoms with E-state index in [0.29, 0.717) is 19.6 Å². The SMILES string of the molecule is CCc1sc2ccccc2c1CN1CCN2C(=O)CN(Cc3ccc4ccccc4c3)C(=O)C2C1. The molecule has 5 nitrogen and oxygen atoms in total. The Morgan fingerprint density at radius 2 is 1.71 bits per heavy atom. The number of nitrogens with zero attached hydrogens (tertiary/aromatic N) is 3. The van der Waals surface area contributed by atoms with Gasteiger partial charge in [-0.05, 0) is 45.8 Å². The molecule has 0 spiro atoms. The second-order valence-electron chi connectivity index (χ2n) is 9.57. The van der Waals surface area contributed by atoms with Gasteiger partial charge < -0.3 is 9.80 Å². The molecule has 1 atom stereocenters. The van der Waals surface area contributed by atoms with Gasteiger partial charge in [0, 0.05) is 42.3 Å². The van der Waals surface area contributed by atoms with Crippen LogP contribution in [0.15, 0.2) is 66.7 Å². The second-order valence-corrected chi connectivity index (χ2v) is 10.7. The zero-order valence-corrected chi connectivity index (χ0v) is 20.8. The molecule has 0 radical (unpaired) electrons. The summed E-state index contributed by atoms with van der Waals surface area (Å²) in [5.74, 6) is 0.124. The molecule has 2 aliphatic heterocycles. The van der Waals surface area contributed by atoms with Gasteiger partial charge in [0.15, 0.2) is 0 Å². The Morgan fingerprint density at radius 1 is 0.914 bits per heavy atom. The molecule has 6 rings (SSSR count). The third-order valence-electron chi connectivity index (χ3n) is 7.38. The number of amides is 2. The summed E-state index contributed by atoms with van der Waals surface area (Å²) in [6.07, 6.45) is 1.01. The van der Waals surface area contributed by atoms with Gasteiger partial charge in [0.1, 0.15) is 12.6 Å². The quantitative estimate of drug-likeness (QED) is 0.414. The summed E-state index contributed by atoms with van der Waals surface area (Å²) in [7, 11) is 0. The number of carbonyl (C=O) groups is 2. The predicted octanol–water partition coefficient (Wildman–Crippen LogP) is 4.67. The van der Waals surface area contributed by atoms with Crippen LogP contribution in [0.2, 0.25) is 0 Å². The van der Waals surface area contributed by atoms with Crippen molar-refractivity contribution >= 4 is 44.0 Å². The predicted molar refractivity (Wildman–Crippen MR) is 141 cm³/mol. The van der Waals surface area contributed by atoms with E-state index in [1.165, 1.54) is 25.9 Å². The maximum Gasteiger partial charge on any atom is 0.247 e. The van der Waals surface area contributed by atoms with Gasteiger partial charge in [-0.2, -0.15) is 0 Å². The maximum atomic E-state index is 13.6. The fourth-order valence-corrected chi connectivity index (χ4v) is 6.71. The van der Waals surface area contributed by atoms with E-state index in [9.17, 15) is 9.59 Å². The number of fused-ring (bicyclic) bond motifs is 3. The van der Waals surface area contributed by atoms with Crippen molar-refractivity contribution < 1.29 is 9.59 Å². The van der Waals surface area contributed by atoms with Crippen LogP contribution in [0.4, 0.5) is 0 Å². The Balaban J connectivity index is 1.21. The molecule has 2 amide bonds. The van der Waals surface area contributed by atoms with Gasteiger partial charge in [-0.1, -0.05) is 61.5 Å². The van der Waals surface area contributed by atoms with Crippen LogP contribution in [-0.4, -0.2) is 58.7 Å². The largest absolute Gasteiger partial charge is 0.327 e. The van der Waals surface area contributed by atoms with Gasteiger partial charge in [0.2, 0.25) is 11.8 Å². The van der Waals surface area contributed by atoms with E-state index >= 15 is 0 Å². The molecule has 4 aromatic rings. The Morgan fingerprint density at radius 3 is 2.57 bits per heavy atom. The molecular weight excluding hydrogens is 454 g/mol. The first-order valence-corrected chi connectivity index (χ1v) is 13.2. The molecule has 35 heavy (non-hydrogen) atoms. The van der Waals surface area contributed by atoms with Crippen LogP contribution in [-0.2, 0) is 29.1 Å². The zero-order chi connectivity index (χ0) is 23.9. The smallest absolute Gasteiger partial charge is 0.247 e. The van der Waals surface area contributed by atoms with Gasteiger partial charge >= 0.3 is 0 Å². The summed E-state index contributed by atoms with van der Waals surface area (Å²) in [6.45, 7) is 5.66. The van der Waals surface area contributed by atoms with Crippen LogP contribution in [0.25, 0.3) is 20.9 Å². The van der Waals surface area contributed by atoms with E-state index in [4.69, 9.17) is 0 Å². The van der Waals surface area contributed by atoms with Crippen LogP contribution < -0.4 is 0 Å². The van der Waals surface area contributed by atoms with E-state index < -0.39 is 6.04 Å². The van der Waals surface area contributed by atoms with E-state index in [1.54, 1.807) is 4.90 Å². The number of aryl methyl sites for hydroxylation is 1. The molecule has 0 N–H and O–H groups in total. The number of benzene rings is 3. The molecule has 0 saturated carbocycles. The summed E-state index contributed by atoms with van der Waals surface area (Å²) in [4.78, 5) is 33.9. The summed E-state index contributed by atoms with van der Waals surface area (Å²) in [6, 6.07) is 22.7. The minimum atomic E-state index is -0.402. The Bertz CT molecular complexity index is 1430. The lowest BCUT2D eigenvalue weighted by atomic mass is 10.0. The van der Waals surface area contributed by atoms with Crippen molar-refractivity contribution in [3.63, 3.8) is 0 Å². The molecule has 3 aromatic carbocycles. The van der Waals surface area contributed by atoms with E-state index in [2.05, 4.69) is 66.4 Å². The van der Waals surface area contributed by atoms with Gasteiger partial charge in [0.25, 0.3) is 0 Å². The molecule has 1 unspecified atom stereocenters. The molecule has 2 fully saturated rings. The highest BCUT2D eigenvalue weighted by atomic mass is 32.1. The number of rotatable bonds is 5. The lowest BCUT2D eigenvalue weighted by Gasteiger charge is -2.46. The summed E-state index contributed by atoms with van der Waals surface area (Å²) in [5.41, 5.74) is 2.44. The van der Waals surface area contributed by atoms with Gasteiger partial charge in [-0.15, -0.1) is 11.3 Å². The lowest BCUT2D eigenvalue weighted by molar-refractivity contribution is -0.160. The van der Waals surface area contributed by atoms with Gasteiger partial charge in [0.05, 0.1) is 0 Å². The van der Waals surface area contributed by atoms with E-state index in [-0.39, 0.29) is 18.4 Å².